The largest absolute Gasteiger partial charge is 0.465 e. The highest BCUT2D eigenvalue weighted by Crippen LogP contribution is 2.29. The molecule has 0 saturated carbocycles. The fourth-order valence-electron chi connectivity index (χ4n) is 4.72. The molecule has 15 heteroatoms. The number of ether oxygens (including phenoxy) is 1. The molecule has 4 rings (SSSR count). The van der Waals surface area contributed by atoms with Crippen LogP contribution in [0.4, 0.5) is 5.69 Å². The average molecular weight is 618 g/mol. The summed E-state index contributed by atoms with van der Waals surface area (Å²) in [5.41, 5.74) is 8.47. The first-order chi connectivity index (χ1) is 20.2. The number of imidazole rings is 1. The van der Waals surface area contributed by atoms with Crippen LogP contribution < -0.4 is 16.4 Å². The van der Waals surface area contributed by atoms with Gasteiger partial charge in [-0.05, 0) is 68.1 Å². The summed E-state index contributed by atoms with van der Waals surface area (Å²) in [7, 11) is -2.71. The van der Waals surface area contributed by atoms with Crippen molar-refractivity contribution in [3.63, 3.8) is 0 Å². The molecule has 7 N–H and O–H groups in total. The van der Waals surface area contributed by atoms with Crippen molar-refractivity contribution in [3.05, 3.63) is 59.4 Å². The van der Waals surface area contributed by atoms with E-state index < -0.39 is 15.9 Å². The van der Waals surface area contributed by atoms with E-state index in [2.05, 4.69) is 10.6 Å². The van der Waals surface area contributed by atoms with Crippen molar-refractivity contribution in [2.24, 2.45) is 12.8 Å². The number of aromatic nitrogens is 2. The van der Waals surface area contributed by atoms with Gasteiger partial charge in [0.15, 0.2) is 0 Å². The van der Waals surface area contributed by atoms with Crippen molar-refractivity contribution in [1.82, 2.24) is 19.8 Å². The van der Waals surface area contributed by atoms with E-state index in [0.717, 1.165) is 47.4 Å². The molecule has 0 radical (unpaired) electrons. The third-order valence-corrected chi connectivity index (χ3v) is 7.07. The minimum Gasteiger partial charge on any atom is -0.465 e. The van der Waals surface area contributed by atoms with Crippen molar-refractivity contribution < 1.29 is 31.8 Å². The fourth-order valence-corrected chi connectivity index (χ4v) is 4.72. The van der Waals surface area contributed by atoms with E-state index in [9.17, 15) is 9.59 Å². The first-order valence-corrected chi connectivity index (χ1v) is 15.2. The van der Waals surface area contributed by atoms with Gasteiger partial charge in [-0.15, -0.1) is 0 Å². The van der Waals surface area contributed by atoms with Gasteiger partial charge in [0.1, 0.15) is 17.2 Å². The molecular formula is C28H39N7O7S. The molecule has 43 heavy (non-hydrogen) atoms. The van der Waals surface area contributed by atoms with E-state index in [1.54, 1.807) is 12.1 Å². The number of benzene rings is 2. The number of anilines is 1. The minimum atomic E-state index is -4.67. The lowest BCUT2D eigenvalue weighted by molar-refractivity contribution is -0.144. The number of likely N-dealkylation sites (tertiary alicyclic amines) is 1. The summed E-state index contributed by atoms with van der Waals surface area (Å²) in [5, 5.41) is 14.1. The van der Waals surface area contributed by atoms with Crippen LogP contribution in [0.15, 0.2) is 42.5 Å². The van der Waals surface area contributed by atoms with Gasteiger partial charge in [-0.3, -0.25) is 29.4 Å². The normalized spacial score (nSPS) is 14.5. The van der Waals surface area contributed by atoms with Gasteiger partial charge in [0.25, 0.3) is 0 Å². The highest BCUT2D eigenvalue weighted by atomic mass is 32.3. The van der Waals surface area contributed by atoms with Crippen LogP contribution in [0, 0.1) is 5.41 Å². The molecule has 1 amide bonds. The van der Waals surface area contributed by atoms with Crippen molar-refractivity contribution in [2.75, 3.05) is 31.6 Å². The Hall–Kier alpha value is -4.05. The van der Waals surface area contributed by atoms with E-state index in [4.69, 9.17) is 38.4 Å². The molecule has 1 aliphatic heterocycles. The number of nitrogens with zero attached hydrogens (tertiary/aromatic N) is 3. The molecule has 1 aliphatic rings. The number of amides is 1. The van der Waals surface area contributed by atoms with Gasteiger partial charge in [0.2, 0.25) is 5.91 Å². The molecule has 1 aromatic heterocycles. The maximum Gasteiger partial charge on any atom is 0.394 e. The van der Waals surface area contributed by atoms with Crippen molar-refractivity contribution in [1.29, 1.82) is 5.41 Å². The summed E-state index contributed by atoms with van der Waals surface area (Å²) in [6, 6.07) is 13.2. The Morgan fingerprint density at radius 1 is 1.14 bits per heavy atom. The molecule has 3 aromatic rings. The molecule has 1 fully saturated rings. The monoisotopic (exact) mass is 617 g/mol. The topological polar surface area (TPSA) is 213 Å². The van der Waals surface area contributed by atoms with Crippen LogP contribution in [0.3, 0.4) is 0 Å². The molecule has 1 saturated heterocycles. The lowest BCUT2D eigenvalue weighted by Gasteiger charge is -2.34. The summed E-state index contributed by atoms with van der Waals surface area (Å²) in [4.78, 5) is 32.7. The van der Waals surface area contributed by atoms with Gasteiger partial charge in [0.05, 0.1) is 30.7 Å². The molecule has 14 nitrogen and oxygen atoms in total. The van der Waals surface area contributed by atoms with Gasteiger partial charge >= 0.3 is 16.4 Å². The standard InChI is InChI=1S/C28H37N7O3.H2O4S/c1-4-15-38-25(36)18-32-28(2,27(37)35-13-5-6-14-35)20-9-12-23-22(16-20)33-24(34(23)3)17-31-21-10-7-19(8-11-21)26(29)30;1-5(2,3)4/h7-12,16,31-32H,4-6,13-15,17-18H2,1-3H3,(H3,29,30);(H2,1,2,3,4)/t28-;/m1./s1. The van der Waals surface area contributed by atoms with Crippen LogP contribution in [0.5, 0.6) is 0 Å². The number of rotatable bonds is 11. The maximum absolute atomic E-state index is 13.7. The smallest absolute Gasteiger partial charge is 0.394 e. The Morgan fingerprint density at radius 3 is 2.35 bits per heavy atom. The predicted molar refractivity (Wildman–Crippen MR) is 162 cm³/mol. The zero-order chi connectivity index (χ0) is 31.8. The van der Waals surface area contributed by atoms with E-state index in [1.807, 2.05) is 60.7 Å². The van der Waals surface area contributed by atoms with E-state index in [-0.39, 0.29) is 24.3 Å². The van der Waals surface area contributed by atoms with E-state index in [1.165, 1.54) is 0 Å². The second-order valence-corrected chi connectivity index (χ2v) is 11.2. The number of fused-ring (bicyclic) bond motifs is 1. The molecular weight excluding hydrogens is 578 g/mol. The van der Waals surface area contributed by atoms with Gasteiger partial charge in [-0.1, -0.05) is 13.0 Å². The summed E-state index contributed by atoms with van der Waals surface area (Å²) in [6.07, 6.45) is 2.70. The molecule has 1 atom stereocenters. The number of nitrogen functional groups attached to an aromatic ring is 1. The fraction of sp³-hybridized carbons (Fsp3) is 0.429. The van der Waals surface area contributed by atoms with E-state index >= 15 is 0 Å². The number of amidine groups is 1. The maximum atomic E-state index is 13.7. The van der Waals surface area contributed by atoms with Crippen LogP contribution >= 0.6 is 0 Å². The molecule has 0 unspecified atom stereocenters. The van der Waals surface area contributed by atoms with Gasteiger partial charge in [0, 0.05) is 31.4 Å². The van der Waals surface area contributed by atoms with Gasteiger partial charge in [-0.25, -0.2) is 4.98 Å². The van der Waals surface area contributed by atoms with Gasteiger partial charge < -0.3 is 25.3 Å². The first kappa shape index (κ1) is 33.5. The molecule has 2 aromatic carbocycles. The number of carbonyl (C=O) groups excluding carboxylic acids is 2. The Kier molecular flexibility index (Phi) is 11.2. The number of nitrogens with one attached hydrogen (secondary N) is 3. The number of hydrogen-bond donors (Lipinski definition) is 6. The number of nitrogens with two attached hydrogens (primary N) is 1. The quantitative estimate of drug-likeness (QED) is 0.0794. The summed E-state index contributed by atoms with van der Waals surface area (Å²) >= 11 is 0. The third kappa shape index (κ3) is 9.22. The van der Waals surface area contributed by atoms with Crippen LogP contribution in [0.1, 0.15) is 50.1 Å². The summed E-state index contributed by atoms with van der Waals surface area (Å²) in [5.74, 6) is 0.433. The lowest BCUT2D eigenvalue weighted by atomic mass is 9.89. The van der Waals surface area contributed by atoms with Crippen LogP contribution in [-0.4, -0.2) is 75.9 Å². The number of aryl methyl sites for hydroxylation is 1. The third-order valence-electron chi connectivity index (χ3n) is 7.07. The number of hydrogen-bond acceptors (Lipinski definition) is 9. The Balaban J connectivity index is 0.000000934. The average Bonchev–Trinajstić information content (AvgIpc) is 3.60. The zero-order valence-corrected chi connectivity index (χ0v) is 25.3. The van der Waals surface area contributed by atoms with Crippen molar-refractivity contribution in [3.8, 4) is 0 Å². The van der Waals surface area contributed by atoms with Crippen LogP contribution in [0.25, 0.3) is 11.0 Å². The lowest BCUT2D eigenvalue weighted by Crippen LogP contribution is -2.54. The molecule has 2 heterocycles. The van der Waals surface area contributed by atoms with Crippen molar-refractivity contribution >= 4 is 44.8 Å². The SMILES string of the molecule is CCCOC(=O)CN[C@@](C)(C(=O)N1CCCC1)c1ccc2c(c1)nc(CNc1ccc(C(=N)N)cc1)n2C.O=S(=O)(O)O. The summed E-state index contributed by atoms with van der Waals surface area (Å²) in [6.45, 7) is 5.99. The molecule has 234 valence electrons. The second kappa shape index (κ2) is 14.4. The molecule has 0 spiro atoms. The zero-order valence-electron chi connectivity index (χ0n) is 24.5. The van der Waals surface area contributed by atoms with Gasteiger partial charge in [-0.2, -0.15) is 8.42 Å². The highest BCUT2D eigenvalue weighted by molar-refractivity contribution is 7.79. The molecule has 0 aliphatic carbocycles. The second-order valence-electron chi connectivity index (χ2n) is 10.3. The first-order valence-electron chi connectivity index (χ1n) is 13.8. The summed E-state index contributed by atoms with van der Waals surface area (Å²) < 4.78 is 38.8. The minimum absolute atomic E-state index is 0.0326. The molecule has 0 bridgehead atoms. The van der Waals surface area contributed by atoms with Crippen LogP contribution in [0.2, 0.25) is 0 Å². The Labute approximate surface area is 250 Å². The Morgan fingerprint density at radius 2 is 1.77 bits per heavy atom. The highest BCUT2D eigenvalue weighted by Gasteiger charge is 2.39. The predicted octanol–water partition coefficient (Wildman–Crippen LogP) is 2.20. The van der Waals surface area contributed by atoms with Crippen LogP contribution in [-0.2, 0) is 43.9 Å². The van der Waals surface area contributed by atoms with Crippen molar-refractivity contribution in [2.45, 2.75) is 45.2 Å². The van der Waals surface area contributed by atoms with E-state index in [0.29, 0.717) is 31.8 Å². The number of carbonyl (C=O) groups is 2. The Bertz CT molecular complexity index is 1540. The number of esters is 1.